The molecular weight excluding hydrogens is 240 g/mol. The van der Waals surface area contributed by atoms with Gasteiger partial charge in [0.05, 0.1) is 6.04 Å². The summed E-state index contributed by atoms with van der Waals surface area (Å²) in [6, 6.07) is 6.22. The second-order valence-corrected chi connectivity index (χ2v) is 5.48. The minimum Gasteiger partial charge on any atom is -0.508 e. The van der Waals surface area contributed by atoms with Crippen molar-refractivity contribution < 1.29 is 9.84 Å². The quantitative estimate of drug-likeness (QED) is 0.873. The lowest BCUT2D eigenvalue weighted by atomic mass is 10.0. The Morgan fingerprint density at radius 2 is 2.37 bits per heavy atom. The van der Waals surface area contributed by atoms with Gasteiger partial charge in [0.15, 0.2) is 0 Å². The number of likely N-dealkylation sites (N-methyl/N-ethyl adjacent to an activating group) is 1. The molecule has 0 amide bonds. The van der Waals surface area contributed by atoms with Gasteiger partial charge in [-0.15, -0.1) is 0 Å². The van der Waals surface area contributed by atoms with Crippen LogP contribution in [0.3, 0.4) is 0 Å². The minimum atomic E-state index is 0.261. The zero-order valence-corrected chi connectivity index (χ0v) is 11.4. The molecule has 4 heteroatoms. The number of hydrogen-bond acceptors (Lipinski definition) is 4. The Morgan fingerprint density at radius 1 is 1.47 bits per heavy atom. The van der Waals surface area contributed by atoms with Crippen LogP contribution < -0.4 is 10.1 Å². The standard InChI is InChI=1S/C15H22N2O2/c1-2-17-7-3-4-11(9-17)16-14-10-19-15-8-12(18)5-6-13(14)15/h5-6,8,11,14,16,18H,2-4,7,9-10H2,1H3. The summed E-state index contributed by atoms with van der Waals surface area (Å²) < 4.78 is 5.65. The number of benzene rings is 1. The number of rotatable bonds is 3. The Labute approximate surface area is 114 Å². The van der Waals surface area contributed by atoms with Gasteiger partial charge in [-0.2, -0.15) is 0 Å². The molecule has 1 aromatic rings. The van der Waals surface area contributed by atoms with Gasteiger partial charge < -0.3 is 20.1 Å². The van der Waals surface area contributed by atoms with E-state index in [1.54, 1.807) is 12.1 Å². The fourth-order valence-corrected chi connectivity index (χ4v) is 3.10. The zero-order valence-electron chi connectivity index (χ0n) is 11.4. The third kappa shape index (κ3) is 2.69. The fraction of sp³-hybridized carbons (Fsp3) is 0.600. The van der Waals surface area contributed by atoms with Crippen molar-refractivity contribution in [2.24, 2.45) is 0 Å². The molecule has 2 unspecified atom stereocenters. The van der Waals surface area contributed by atoms with Crippen LogP contribution in [-0.4, -0.2) is 42.3 Å². The number of hydrogen-bond donors (Lipinski definition) is 2. The van der Waals surface area contributed by atoms with E-state index >= 15 is 0 Å². The van der Waals surface area contributed by atoms with Crippen LogP contribution in [0.15, 0.2) is 18.2 Å². The zero-order chi connectivity index (χ0) is 13.2. The molecule has 104 valence electrons. The molecular formula is C15H22N2O2. The summed E-state index contributed by atoms with van der Waals surface area (Å²) in [5.74, 6) is 1.09. The summed E-state index contributed by atoms with van der Waals surface area (Å²) in [7, 11) is 0. The largest absolute Gasteiger partial charge is 0.508 e. The molecule has 0 aromatic heterocycles. The summed E-state index contributed by atoms with van der Waals surface area (Å²) in [6.45, 7) is 6.37. The molecule has 0 spiro atoms. The molecule has 3 rings (SSSR count). The van der Waals surface area contributed by atoms with E-state index in [0.29, 0.717) is 12.6 Å². The van der Waals surface area contributed by atoms with Crippen LogP contribution in [0.2, 0.25) is 0 Å². The lowest BCUT2D eigenvalue weighted by molar-refractivity contribution is 0.183. The van der Waals surface area contributed by atoms with Gasteiger partial charge in [0.1, 0.15) is 18.1 Å². The van der Waals surface area contributed by atoms with Gasteiger partial charge in [0, 0.05) is 24.2 Å². The molecule has 2 aliphatic heterocycles. The number of nitrogens with zero attached hydrogens (tertiary/aromatic N) is 1. The second-order valence-electron chi connectivity index (χ2n) is 5.48. The van der Waals surface area contributed by atoms with Crippen LogP contribution in [0, 0.1) is 0 Å². The van der Waals surface area contributed by atoms with E-state index in [-0.39, 0.29) is 11.8 Å². The van der Waals surface area contributed by atoms with Gasteiger partial charge in [-0.3, -0.25) is 0 Å². The molecule has 4 nitrogen and oxygen atoms in total. The molecule has 1 saturated heterocycles. The van der Waals surface area contributed by atoms with Crippen molar-refractivity contribution in [2.45, 2.75) is 31.8 Å². The van der Waals surface area contributed by atoms with E-state index in [2.05, 4.69) is 17.1 Å². The van der Waals surface area contributed by atoms with E-state index in [9.17, 15) is 5.11 Å². The topological polar surface area (TPSA) is 44.7 Å². The van der Waals surface area contributed by atoms with Gasteiger partial charge in [-0.05, 0) is 38.1 Å². The number of fused-ring (bicyclic) bond motifs is 1. The monoisotopic (exact) mass is 262 g/mol. The first-order valence-electron chi connectivity index (χ1n) is 7.20. The highest BCUT2D eigenvalue weighted by molar-refractivity contribution is 5.44. The highest BCUT2D eigenvalue weighted by Crippen LogP contribution is 2.35. The highest BCUT2D eigenvalue weighted by atomic mass is 16.5. The normalized spacial score (nSPS) is 27.0. The van der Waals surface area contributed by atoms with Crippen molar-refractivity contribution in [3.63, 3.8) is 0 Å². The summed E-state index contributed by atoms with van der Waals surface area (Å²) in [5, 5.41) is 13.2. The summed E-state index contributed by atoms with van der Waals surface area (Å²) in [4.78, 5) is 2.49. The van der Waals surface area contributed by atoms with E-state index in [0.717, 1.165) is 18.8 Å². The van der Waals surface area contributed by atoms with E-state index in [4.69, 9.17) is 4.74 Å². The van der Waals surface area contributed by atoms with Crippen molar-refractivity contribution in [1.82, 2.24) is 10.2 Å². The smallest absolute Gasteiger partial charge is 0.127 e. The van der Waals surface area contributed by atoms with Crippen LogP contribution in [0.5, 0.6) is 11.5 Å². The third-order valence-electron chi connectivity index (χ3n) is 4.17. The number of nitrogens with one attached hydrogen (secondary N) is 1. The Morgan fingerprint density at radius 3 is 3.21 bits per heavy atom. The maximum atomic E-state index is 9.46. The molecule has 2 atom stereocenters. The number of phenols is 1. The van der Waals surface area contributed by atoms with E-state index in [1.165, 1.54) is 24.9 Å². The van der Waals surface area contributed by atoms with Crippen LogP contribution in [-0.2, 0) is 0 Å². The molecule has 19 heavy (non-hydrogen) atoms. The molecule has 0 aliphatic carbocycles. The average molecular weight is 262 g/mol. The number of ether oxygens (including phenoxy) is 1. The van der Waals surface area contributed by atoms with Gasteiger partial charge in [-0.25, -0.2) is 0 Å². The van der Waals surface area contributed by atoms with E-state index in [1.807, 2.05) is 6.07 Å². The van der Waals surface area contributed by atoms with Crippen LogP contribution in [0.4, 0.5) is 0 Å². The van der Waals surface area contributed by atoms with Crippen molar-refractivity contribution in [3.05, 3.63) is 23.8 Å². The predicted octanol–water partition coefficient (Wildman–Crippen LogP) is 1.90. The molecule has 2 N–H and O–H groups in total. The summed E-state index contributed by atoms with van der Waals surface area (Å²) in [5.41, 5.74) is 1.17. The molecule has 0 bridgehead atoms. The summed E-state index contributed by atoms with van der Waals surface area (Å²) in [6.07, 6.45) is 2.50. The number of aromatic hydroxyl groups is 1. The van der Waals surface area contributed by atoms with Crippen molar-refractivity contribution in [3.8, 4) is 11.5 Å². The first-order chi connectivity index (χ1) is 9.26. The Hall–Kier alpha value is -1.26. The molecule has 0 radical (unpaired) electrons. The predicted molar refractivity (Wildman–Crippen MR) is 74.6 cm³/mol. The van der Waals surface area contributed by atoms with Crippen LogP contribution >= 0.6 is 0 Å². The van der Waals surface area contributed by atoms with Crippen LogP contribution in [0.1, 0.15) is 31.4 Å². The average Bonchev–Trinajstić information content (AvgIpc) is 2.81. The third-order valence-corrected chi connectivity index (χ3v) is 4.17. The first-order valence-corrected chi connectivity index (χ1v) is 7.20. The fourth-order valence-electron chi connectivity index (χ4n) is 3.10. The van der Waals surface area contributed by atoms with Gasteiger partial charge >= 0.3 is 0 Å². The number of likely N-dealkylation sites (tertiary alicyclic amines) is 1. The Bertz CT molecular complexity index is 450. The molecule has 0 saturated carbocycles. The maximum Gasteiger partial charge on any atom is 0.127 e. The van der Waals surface area contributed by atoms with Gasteiger partial charge in [-0.1, -0.05) is 6.92 Å². The SMILES string of the molecule is CCN1CCCC(NC2COc3cc(O)ccc32)C1. The van der Waals surface area contributed by atoms with Gasteiger partial charge in [0.2, 0.25) is 0 Å². The molecule has 1 fully saturated rings. The highest BCUT2D eigenvalue weighted by Gasteiger charge is 2.28. The van der Waals surface area contributed by atoms with Gasteiger partial charge in [0.25, 0.3) is 0 Å². The molecule has 1 aromatic carbocycles. The minimum absolute atomic E-state index is 0.261. The van der Waals surface area contributed by atoms with Crippen molar-refractivity contribution >= 4 is 0 Å². The maximum absolute atomic E-state index is 9.46. The van der Waals surface area contributed by atoms with Crippen molar-refractivity contribution in [2.75, 3.05) is 26.2 Å². The van der Waals surface area contributed by atoms with Crippen molar-refractivity contribution in [1.29, 1.82) is 0 Å². The lowest BCUT2D eigenvalue weighted by Gasteiger charge is -2.33. The van der Waals surface area contributed by atoms with Crippen LogP contribution in [0.25, 0.3) is 0 Å². The lowest BCUT2D eigenvalue weighted by Crippen LogP contribution is -2.46. The Balaban J connectivity index is 1.66. The first kappa shape index (κ1) is 12.8. The number of piperidine rings is 1. The molecule has 2 aliphatic rings. The Kier molecular flexibility index (Phi) is 3.62. The second kappa shape index (κ2) is 5.39. The molecule has 2 heterocycles. The summed E-state index contributed by atoms with van der Waals surface area (Å²) >= 11 is 0. The van der Waals surface area contributed by atoms with E-state index < -0.39 is 0 Å². The number of phenolic OH excluding ortho intramolecular Hbond substituents is 1.